The highest BCUT2D eigenvalue weighted by molar-refractivity contribution is 5.80. The van der Waals surface area contributed by atoms with Gasteiger partial charge < -0.3 is 19.5 Å². The fourth-order valence-electron chi connectivity index (χ4n) is 1.44. The van der Waals surface area contributed by atoms with Crippen molar-refractivity contribution in [2.45, 2.75) is 19.2 Å². The van der Waals surface area contributed by atoms with Gasteiger partial charge in [0.05, 0.1) is 14.2 Å². The standard InChI is InChI=1S/C13H16F3NO4/c1-8(12(18)17-7-13(14,15)16)21-11-5-9(19-2)4-10(6-11)20-3/h4-6,8H,7H2,1-3H3,(H,17,18). The fourth-order valence-corrected chi connectivity index (χ4v) is 1.44. The number of nitrogens with one attached hydrogen (secondary N) is 1. The van der Waals surface area contributed by atoms with Gasteiger partial charge >= 0.3 is 6.18 Å². The predicted molar refractivity (Wildman–Crippen MR) is 68.7 cm³/mol. The highest BCUT2D eigenvalue weighted by atomic mass is 19.4. The van der Waals surface area contributed by atoms with Gasteiger partial charge in [-0.25, -0.2) is 0 Å². The second-order valence-corrected chi connectivity index (χ2v) is 4.14. The van der Waals surface area contributed by atoms with Gasteiger partial charge in [-0.15, -0.1) is 0 Å². The van der Waals surface area contributed by atoms with Gasteiger partial charge in [0.25, 0.3) is 5.91 Å². The molecule has 0 aliphatic carbocycles. The third kappa shape index (κ3) is 5.80. The van der Waals surface area contributed by atoms with Crippen LogP contribution in [0, 0.1) is 0 Å². The third-order valence-corrected chi connectivity index (χ3v) is 2.47. The van der Waals surface area contributed by atoms with E-state index in [1.807, 2.05) is 0 Å². The zero-order valence-corrected chi connectivity index (χ0v) is 11.8. The third-order valence-electron chi connectivity index (χ3n) is 2.47. The van der Waals surface area contributed by atoms with Gasteiger partial charge in [-0.05, 0) is 6.92 Å². The van der Waals surface area contributed by atoms with Gasteiger partial charge in [0.2, 0.25) is 0 Å². The molecule has 1 aromatic carbocycles. The predicted octanol–water partition coefficient (Wildman–Crippen LogP) is 2.15. The number of ether oxygens (including phenoxy) is 3. The van der Waals surface area contributed by atoms with E-state index in [0.29, 0.717) is 11.5 Å². The zero-order chi connectivity index (χ0) is 16.0. The lowest BCUT2D eigenvalue weighted by Crippen LogP contribution is -2.41. The summed E-state index contributed by atoms with van der Waals surface area (Å²) in [5, 5.41) is 1.75. The SMILES string of the molecule is COc1cc(OC)cc(OC(C)C(=O)NCC(F)(F)F)c1. The summed E-state index contributed by atoms with van der Waals surface area (Å²) in [6.07, 6.45) is -5.56. The van der Waals surface area contributed by atoms with Crippen molar-refractivity contribution in [3.8, 4) is 17.2 Å². The van der Waals surface area contributed by atoms with Crippen LogP contribution in [0.2, 0.25) is 0 Å². The van der Waals surface area contributed by atoms with Crippen LogP contribution in [0.25, 0.3) is 0 Å². The molecule has 0 aliphatic rings. The summed E-state index contributed by atoms with van der Waals surface area (Å²) in [7, 11) is 2.88. The van der Waals surface area contributed by atoms with E-state index in [0.717, 1.165) is 0 Å². The molecule has 0 saturated heterocycles. The lowest BCUT2D eigenvalue weighted by atomic mass is 10.3. The monoisotopic (exact) mass is 307 g/mol. The van der Waals surface area contributed by atoms with Crippen LogP contribution in [0.15, 0.2) is 18.2 Å². The summed E-state index contributed by atoms with van der Waals surface area (Å²) in [5.41, 5.74) is 0. The normalized spacial score (nSPS) is 12.5. The van der Waals surface area contributed by atoms with E-state index >= 15 is 0 Å². The Hall–Kier alpha value is -2.12. The van der Waals surface area contributed by atoms with Crippen molar-refractivity contribution < 1.29 is 32.2 Å². The average Bonchev–Trinajstić information content (AvgIpc) is 2.43. The topological polar surface area (TPSA) is 56.8 Å². The van der Waals surface area contributed by atoms with Crippen molar-refractivity contribution in [2.24, 2.45) is 0 Å². The molecule has 0 spiro atoms. The summed E-state index contributed by atoms with van der Waals surface area (Å²) in [6.45, 7) is -0.0569. The van der Waals surface area contributed by atoms with E-state index in [2.05, 4.69) is 0 Å². The molecule has 8 heteroatoms. The molecule has 0 aliphatic heterocycles. The summed E-state index contributed by atoms with van der Waals surface area (Å²) < 4.78 is 51.4. The van der Waals surface area contributed by atoms with Crippen LogP contribution in [0.3, 0.4) is 0 Å². The van der Waals surface area contributed by atoms with Crippen molar-refractivity contribution in [3.05, 3.63) is 18.2 Å². The first-order chi connectivity index (χ1) is 9.75. The van der Waals surface area contributed by atoms with Crippen LogP contribution < -0.4 is 19.5 Å². The average molecular weight is 307 g/mol. The van der Waals surface area contributed by atoms with Crippen molar-refractivity contribution in [1.82, 2.24) is 5.32 Å². The quantitative estimate of drug-likeness (QED) is 0.875. The van der Waals surface area contributed by atoms with Gasteiger partial charge in [0.15, 0.2) is 6.10 Å². The molecule has 1 N–H and O–H groups in total. The second kappa shape index (κ2) is 7.05. The Morgan fingerprint density at radius 2 is 1.62 bits per heavy atom. The molecule has 0 fully saturated rings. The van der Waals surface area contributed by atoms with Crippen molar-refractivity contribution in [3.63, 3.8) is 0 Å². The molecule has 5 nitrogen and oxygen atoms in total. The minimum atomic E-state index is -4.46. The Labute approximate surface area is 120 Å². The van der Waals surface area contributed by atoms with Crippen molar-refractivity contribution in [2.75, 3.05) is 20.8 Å². The zero-order valence-electron chi connectivity index (χ0n) is 11.8. The van der Waals surface area contributed by atoms with Crippen LogP contribution >= 0.6 is 0 Å². The first-order valence-electron chi connectivity index (χ1n) is 5.99. The number of benzene rings is 1. The fraction of sp³-hybridized carbons (Fsp3) is 0.462. The largest absolute Gasteiger partial charge is 0.496 e. The summed E-state index contributed by atoms with van der Waals surface area (Å²) in [5.74, 6) is 0.259. The lowest BCUT2D eigenvalue weighted by molar-refractivity contribution is -0.142. The maximum Gasteiger partial charge on any atom is 0.405 e. The molecule has 0 aromatic heterocycles. The molecule has 0 saturated carbocycles. The highest BCUT2D eigenvalue weighted by Gasteiger charge is 2.29. The number of rotatable bonds is 6. The summed E-state index contributed by atoms with van der Waals surface area (Å²) in [4.78, 5) is 11.5. The van der Waals surface area contributed by atoms with E-state index in [4.69, 9.17) is 14.2 Å². The molecule has 1 atom stereocenters. The van der Waals surface area contributed by atoms with Crippen LogP contribution in [0.5, 0.6) is 17.2 Å². The lowest BCUT2D eigenvalue weighted by Gasteiger charge is -2.16. The maximum atomic E-state index is 12.0. The minimum absolute atomic E-state index is 0.251. The Balaban J connectivity index is 2.69. The number of hydrogen-bond acceptors (Lipinski definition) is 4. The summed E-state index contributed by atoms with van der Waals surface area (Å²) >= 11 is 0. The van der Waals surface area contributed by atoms with E-state index < -0.39 is 24.7 Å². The second-order valence-electron chi connectivity index (χ2n) is 4.14. The van der Waals surface area contributed by atoms with Gasteiger partial charge in [-0.1, -0.05) is 0 Å². The number of halogens is 3. The van der Waals surface area contributed by atoms with Crippen molar-refractivity contribution >= 4 is 5.91 Å². The van der Waals surface area contributed by atoms with Gasteiger partial charge in [0.1, 0.15) is 23.8 Å². The number of methoxy groups -OCH3 is 2. The minimum Gasteiger partial charge on any atom is -0.496 e. The van der Waals surface area contributed by atoms with Gasteiger partial charge in [-0.2, -0.15) is 13.2 Å². The molecule has 1 rings (SSSR count). The molecule has 0 bridgehead atoms. The first-order valence-corrected chi connectivity index (χ1v) is 5.99. The molecular weight excluding hydrogens is 291 g/mol. The highest BCUT2D eigenvalue weighted by Crippen LogP contribution is 2.28. The molecule has 118 valence electrons. The summed E-state index contributed by atoms with van der Waals surface area (Å²) in [6, 6.07) is 4.59. The van der Waals surface area contributed by atoms with E-state index in [9.17, 15) is 18.0 Å². The van der Waals surface area contributed by atoms with Gasteiger partial charge in [0, 0.05) is 18.2 Å². The van der Waals surface area contributed by atoms with E-state index in [1.165, 1.54) is 33.3 Å². The van der Waals surface area contributed by atoms with Crippen molar-refractivity contribution in [1.29, 1.82) is 0 Å². The number of carbonyl (C=O) groups excluding carboxylic acids is 1. The molecule has 21 heavy (non-hydrogen) atoms. The maximum absolute atomic E-state index is 12.0. The molecule has 1 amide bonds. The van der Waals surface area contributed by atoms with Crippen LogP contribution in [0.4, 0.5) is 13.2 Å². The Morgan fingerprint density at radius 3 is 2.05 bits per heavy atom. The van der Waals surface area contributed by atoms with Gasteiger partial charge in [-0.3, -0.25) is 4.79 Å². The first kappa shape index (κ1) is 16.9. The number of alkyl halides is 3. The molecule has 1 unspecified atom stereocenters. The van der Waals surface area contributed by atoms with E-state index in [-0.39, 0.29) is 5.75 Å². The Morgan fingerprint density at radius 1 is 1.14 bits per heavy atom. The smallest absolute Gasteiger partial charge is 0.405 e. The van der Waals surface area contributed by atoms with Crippen LogP contribution in [-0.4, -0.2) is 39.0 Å². The van der Waals surface area contributed by atoms with E-state index in [1.54, 1.807) is 11.4 Å². The number of amides is 1. The number of hydrogen-bond donors (Lipinski definition) is 1. The molecule has 0 radical (unpaired) electrons. The molecule has 1 aromatic rings. The Bertz CT molecular complexity index is 469. The van der Waals surface area contributed by atoms with Crippen LogP contribution in [0.1, 0.15) is 6.92 Å². The molecule has 0 heterocycles. The van der Waals surface area contributed by atoms with Crippen LogP contribution in [-0.2, 0) is 4.79 Å². The Kier molecular flexibility index (Phi) is 5.69. The number of carbonyl (C=O) groups is 1. The molecular formula is C13H16F3NO4.